The molecule has 118 valence electrons. The van der Waals surface area contributed by atoms with Crippen LogP contribution in [0.25, 0.3) is 22.2 Å². The zero-order valence-corrected chi connectivity index (χ0v) is 12.9. The van der Waals surface area contributed by atoms with Crippen molar-refractivity contribution in [3.63, 3.8) is 0 Å². The van der Waals surface area contributed by atoms with E-state index in [0.717, 1.165) is 16.7 Å². The summed E-state index contributed by atoms with van der Waals surface area (Å²) in [6.45, 7) is 3.93. The van der Waals surface area contributed by atoms with Crippen molar-refractivity contribution in [2.24, 2.45) is 0 Å². The Morgan fingerprint density at radius 3 is 2.22 bits per heavy atom. The highest BCUT2D eigenvalue weighted by molar-refractivity contribution is 5.85. The number of para-hydroxylation sites is 1. The average molecular weight is 315 g/mol. The topological polar surface area (TPSA) is 12.9 Å². The number of hydrogen-bond donors (Lipinski definition) is 0. The average Bonchev–Trinajstić information content (AvgIpc) is 2.44. The lowest BCUT2D eigenvalue weighted by molar-refractivity contribution is -0.126. The van der Waals surface area contributed by atoms with Gasteiger partial charge in [-0.05, 0) is 43.7 Å². The Hall–Kier alpha value is -2.36. The fraction of sp³-hybridized carbons (Fsp3) is 0.211. The summed E-state index contributed by atoms with van der Waals surface area (Å²) in [4.78, 5) is 4.55. The fourth-order valence-electron chi connectivity index (χ4n) is 2.88. The number of hydrogen-bond acceptors (Lipinski definition) is 1. The van der Waals surface area contributed by atoms with E-state index in [2.05, 4.69) is 4.98 Å². The number of halogens is 3. The van der Waals surface area contributed by atoms with Crippen molar-refractivity contribution in [3.05, 3.63) is 65.2 Å². The second-order valence-electron chi connectivity index (χ2n) is 5.85. The molecule has 1 nitrogen and oxygen atoms in total. The van der Waals surface area contributed by atoms with Crippen LogP contribution in [0.4, 0.5) is 13.2 Å². The Bertz CT molecular complexity index is 846. The molecule has 0 aliphatic rings. The second-order valence-corrected chi connectivity index (χ2v) is 5.85. The largest absolute Gasteiger partial charge is 0.393 e. The van der Waals surface area contributed by atoms with Gasteiger partial charge in [0, 0.05) is 10.9 Å². The maximum atomic E-state index is 12.9. The van der Waals surface area contributed by atoms with Crippen molar-refractivity contribution in [2.45, 2.75) is 26.4 Å². The van der Waals surface area contributed by atoms with Gasteiger partial charge in [-0.2, -0.15) is 13.2 Å². The van der Waals surface area contributed by atoms with E-state index in [4.69, 9.17) is 0 Å². The van der Waals surface area contributed by atoms with Crippen molar-refractivity contribution in [2.75, 3.05) is 0 Å². The van der Waals surface area contributed by atoms with Crippen molar-refractivity contribution < 1.29 is 13.2 Å². The lowest BCUT2D eigenvalue weighted by Gasteiger charge is -2.12. The molecule has 0 aliphatic heterocycles. The third-order valence-electron chi connectivity index (χ3n) is 3.71. The van der Waals surface area contributed by atoms with Crippen molar-refractivity contribution in [3.8, 4) is 11.3 Å². The van der Waals surface area contributed by atoms with Crippen LogP contribution in [0.5, 0.6) is 0 Å². The first-order valence-electron chi connectivity index (χ1n) is 7.36. The minimum Gasteiger partial charge on any atom is -0.248 e. The summed E-state index contributed by atoms with van der Waals surface area (Å²) >= 11 is 0. The minimum atomic E-state index is -4.25. The van der Waals surface area contributed by atoms with Crippen molar-refractivity contribution in [1.29, 1.82) is 0 Å². The summed E-state index contributed by atoms with van der Waals surface area (Å²) in [7, 11) is 0. The van der Waals surface area contributed by atoms with Gasteiger partial charge in [0.15, 0.2) is 0 Å². The van der Waals surface area contributed by atoms with Gasteiger partial charge in [-0.15, -0.1) is 0 Å². The Morgan fingerprint density at radius 1 is 0.913 bits per heavy atom. The molecule has 0 radical (unpaired) electrons. The molecule has 0 saturated heterocycles. The third-order valence-corrected chi connectivity index (χ3v) is 3.71. The van der Waals surface area contributed by atoms with Gasteiger partial charge >= 0.3 is 6.18 Å². The monoisotopic (exact) mass is 315 g/mol. The molecule has 0 N–H and O–H groups in total. The number of rotatable bonds is 2. The maximum Gasteiger partial charge on any atom is 0.393 e. The SMILES string of the molecule is Cc1cc(C)cc(-c2cc(CC(F)(F)F)c3ccccc3n2)c1. The summed E-state index contributed by atoms with van der Waals surface area (Å²) in [6.07, 6.45) is -5.20. The van der Waals surface area contributed by atoms with Gasteiger partial charge in [-0.1, -0.05) is 35.4 Å². The Labute approximate surface area is 132 Å². The van der Waals surface area contributed by atoms with Gasteiger partial charge in [0.05, 0.1) is 17.6 Å². The summed E-state index contributed by atoms with van der Waals surface area (Å²) in [6, 6.07) is 14.4. The smallest absolute Gasteiger partial charge is 0.248 e. The highest BCUT2D eigenvalue weighted by Gasteiger charge is 2.29. The second kappa shape index (κ2) is 5.69. The van der Waals surface area contributed by atoms with E-state index in [1.165, 1.54) is 0 Å². The zero-order chi connectivity index (χ0) is 16.6. The van der Waals surface area contributed by atoms with Crippen LogP contribution in [0.2, 0.25) is 0 Å². The van der Waals surface area contributed by atoms with E-state index in [9.17, 15) is 13.2 Å². The predicted octanol–water partition coefficient (Wildman–Crippen LogP) is 5.62. The van der Waals surface area contributed by atoms with Crippen LogP contribution < -0.4 is 0 Å². The maximum absolute atomic E-state index is 12.9. The summed E-state index contributed by atoms with van der Waals surface area (Å²) < 4.78 is 38.7. The van der Waals surface area contributed by atoms with E-state index in [-0.39, 0.29) is 5.56 Å². The normalized spacial score (nSPS) is 11.9. The first-order chi connectivity index (χ1) is 10.8. The predicted molar refractivity (Wildman–Crippen MR) is 86.4 cm³/mol. The number of alkyl halides is 3. The highest BCUT2D eigenvalue weighted by atomic mass is 19.4. The molecule has 1 aromatic heterocycles. The lowest BCUT2D eigenvalue weighted by atomic mass is 9.99. The molecule has 0 spiro atoms. The summed E-state index contributed by atoms with van der Waals surface area (Å²) in [5.41, 5.74) is 4.40. The molecule has 0 bridgehead atoms. The number of aromatic nitrogens is 1. The zero-order valence-electron chi connectivity index (χ0n) is 12.9. The summed E-state index contributed by atoms with van der Waals surface area (Å²) in [5, 5.41) is 0.554. The van der Waals surface area contributed by atoms with Crippen LogP contribution in [0.3, 0.4) is 0 Å². The Balaban J connectivity index is 2.22. The number of aryl methyl sites for hydroxylation is 2. The summed E-state index contributed by atoms with van der Waals surface area (Å²) in [5.74, 6) is 0. The minimum absolute atomic E-state index is 0.261. The van der Waals surface area contributed by atoms with Gasteiger partial charge in [0.2, 0.25) is 0 Å². The van der Waals surface area contributed by atoms with E-state index >= 15 is 0 Å². The third kappa shape index (κ3) is 3.52. The van der Waals surface area contributed by atoms with E-state index in [0.29, 0.717) is 16.6 Å². The molecule has 4 heteroatoms. The Kier molecular flexibility index (Phi) is 3.84. The highest BCUT2D eigenvalue weighted by Crippen LogP contribution is 2.30. The molecule has 1 heterocycles. The van der Waals surface area contributed by atoms with Gasteiger partial charge in [0.1, 0.15) is 0 Å². The lowest BCUT2D eigenvalue weighted by Crippen LogP contribution is -2.12. The number of pyridine rings is 1. The molecule has 3 aromatic rings. The van der Waals surface area contributed by atoms with Gasteiger partial charge in [-0.25, -0.2) is 4.98 Å². The molecule has 0 saturated carbocycles. The van der Waals surface area contributed by atoms with Gasteiger partial charge in [0.25, 0.3) is 0 Å². The fourth-order valence-corrected chi connectivity index (χ4v) is 2.88. The van der Waals surface area contributed by atoms with E-state index in [1.807, 2.05) is 32.0 Å². The standard InChI is InChI=1S/C19H16F3N/c1-12-7-13(2)9-14(8-12)18-10-15(11-19(20,21)22)16-5-3-4-6-17(16)23-18/h3-10H,11H2,1-2H3. The molecule has 2 aromatic carbocycles. The first kappa shape index (κ1) is 15.5. The molecule has 0 atom stereocenters. The van der Waals surface area contributed by atoms with Crippen LogP contribution >= 0.6 is 0 Å². The molecule has 0 unspecified atom stereocenters. The van der Waals surface area contributed by atoms with E-state index < -0.39 is 12.6 Å². The first-order valence-corrected chi connectivity index (χ1v) is 7.36. The van der Waals surface area contributed by atoms with Crippen molar-refractivity contribution in [1.82, 2.24) is 4.98 Å². The molecular weight excluding hydrogens is 299 g/mol. The van der Waals surface area contributed by atoms with Crippen LogP contribution in [-0.4, -0.2) is 11.2 Å². The van der Waals surface area contributed by atoms with Gasteiger partial charge in [-0.3, -0.25) is 0 Å². The van der Waals surface area contributed by atoms with Gasteiger partial charge < -0.3 is 0 Å². The molecule has 0 amide bonds. The molecule has 0 fully saturated rings. The number of fused-ring (bicyclic) bond motifs is 1. The number of benzene rings is 2. The quantitative estimate of drug-likeness (QED) is 0.598. The molecule has 3 rings (SSSR count). The van der Waals surface area contributed by atoms with E-state index in [1.54, 1.807) is 30.3 Å². The van der Waals surface area contributed by atoms with Crippen LogP contribution in [0.1, 0.15) is 16.7 Å². The van der Waals surface area contributed by atoms with Crippen molar-refractivity contribution >= 4 is 10.9 Å². The Morgan fingerprint density at radius 2 is 1.57 bits per heavy atom. The van der Waals surface area contributed by atoms with Crippen LogP contribution in [-0.2, 0) is 6.42 Å². The molecule has 23 heavy (non-hydrogen) atoms. The van der Waals surface area contributed by atoms with Crippen LogP contribution in [0, 0.1) is 13.8 Å². The molecular formula is C19H16F3N. The number of nitrogens with zero attached hydrogens (tertiary/aromatic N) is 1. The van der Waals surface area contributed by atoms with Crippen LogP contribution in [0.15, 0.2) is 48.5 Å². The molecule has 0 aliphatic carbocycles.